The highest BCUT2D eigenvalue weighted by molar-refractivity contribution is 6.30. The molecule has 0 bridgehead atoms. The average Bonchev–Trinajstić information content (AvgIpc) is 2.88. The second-order valence-corrected chi connectivity index (χ2v) is 7.39. The van der Waals surface area contributed by atoms with Gasteiger partial charge in [-0.3, -0.25) is 4.68 Å². The lowest BCUT2D eigenvalue weighted by molar-refractivity contribution is 0.147. The van der Waals surface area contributed by atoms with Crippen LogP contribution in [0.4, 0.5) is 13.6 Å². The fourth-order valence-electron chi connectivity index (χ4n) is 3.66. The molecule has 0 saturated carbocycles. The van der Waals surface area contributed by atoms with E-state index in [1.165, 1.54) is 17.0 Å². The lowest BCUT2D eigenvalue weighted by atomic mass is 10.0. The summed E-state index contributed by atoms with van der Waals surface area (Å²) in [6.45, 7) is 1.01. The van der Waals surface area contributed by atoms with Crippen LogP contribution in [0.1, 0.15) is 16.8 Å². The molecule has 3 aromatic rings. The van der Waals surface area contributed by atoms with Gasteiger partial charge in [0.05, 0.1) is 17.9 Å². The minimum atomic E-state index is -0.946. The monoisotopic (exact) mass is 417 g/mol. The molecule has 4 rings (SSSR count). The second kappa shape index (κ2) is 7.83. The molecule has 8 heteroatoms. The zero-order valence-corrected chi connectivity index (χ0v) is 16.2. The Kier molecular flexibility index (Phi) is 5.24. The smallest absolute Gasteiger partial charge is 0.407 e. The molecule has 150 valence electrons. The first-order valence-electron chi connectivity index (χ1n) is 9.18. The molecular weight excluding hydrogens is 400 g/mol. The fourth-order valence-corrected chi connectivity index (χ4v) is 3.79. The number of amides is 1. The van der Waals surface area contributed by atoms with Gasteiger partial charge in [0, 0.05) is 35.7 Å². The first kappa shape index (κ1) is 19.4. The van der Waals surface area contributed by atoms with Gasteiger partial charge in [-0.25, -0.2) is 13.6 Å². The maximum Gasteiger partial charge on any atom is 0.407 e. The molecule has 0 radical (unpaired) electrons. The molecule has 0 spiro atoms. The van der Waals surface area contributed by atoms with Crippen molar-refractivity contribution in [3.8, 4) is 11.3 Å². The van der Waals surface area contributed by atoms with Crippen LogP contribution >= 0.6 is 11.6 Å². The van der Waals surface area contributed by atoms with E-state index in [0.29, 0.717) is 36.5 Å². The van der Waals surface area contributed by atoms with Crippen molar-refractivity contribution in [2.45, 2.75) is 19.4 Å². The summed E-state index contributed by atoms with van der Waals surface area (Å²) in [7, 11) is 0. The molecule has 5 nitrogen and oxygen atoms in total. The van der Waals surface area contributed by atoms with E-state index in [0.717, 1.165) is 28.6 Å². The van der Waals surface area contributed by atoms with E-state index in [9.17, 15) is 18.7 Å². The first-order chi connectivity index (χ1) is 13.9. The van der Waals surface area contributed by atoms with Crippen molar-refractivity contribution in [2.75, 3.05) is 13.1 Å². The van der Waals surface area contributed by atoms with Gasteiger partial charge >= 0.3 is 6.09 Å². The lowest BCUT2D eigenvalue weighted by Crippen LogP contribution is -2.31. The Morgan fingerprint density at radius 2 is 1.79 bits per heavy atom. The Hall–Kier alpha value is -2.93. The lowest BCUT2D eigenvalue weighted by Gasteiger charge is -2.16. The SMILES string of the molecule is O=C(O)N1CCc2nn(Cc3ccc(F)c(F)c3)c(-c3ccc(Cl)cc3)c2CC1. The molecule has 0 atom stereocenters. The molecular formula is C21H18ClF2N3O2. The van der Waals surface area contributed by atoms with Gasteiger partial charge in [-0.05, 0) is 36.2 Å². The number of nitrogens with zero attached hydrogens (tertiary/aromatic N) is 3. The number of carbonyl (C=O) groups is 1. The summed E-state index contributed by atoms with van der Waals surface area (Å²) in [6, 6.07) is 11.1. The van der Waals surface area contributed by atoms with E-state index in [2.05, 4.69) is 0 Å². The van der Waals surface area contributed by atoms with Gasteiger partial charge in [0.15, 0.2) is 11.6 Å². The van der Waals surface area contributed by atoms with Crippen LogP contribution < -0.4 is 0 Å². The highest BCUT2D eigenvalue weighted by atomic mass is 35.5. The summed E-state index contributed by atoms with van der Waals surface area (Å²) < 4.78 is 28.7. The second-order valence-electron chi connectivity index (χ2n) is 6.96. The quantitative estimate of drug-likeness (QED) is 0.677. The van der Waals surface area contributed by atoms with Crippen molar-refractivity contribution in [1.29, 1.82) is 0 Å². The van der Waals surface area contributed by atoms with Crippen LogP contribution in [0.25, 0.3) is 11.3 Å². The maximum atomic E-state index is 13.7. The summed E-state index contributed by atoms with van der Waals surface area (Å²) in [4.78, 5) is 12.7. The Morgan fingerprint density at radius 1 is 1.07 bits per heavy atom. The van der Waals surface area contributed by atoms with Gasteiger partial charge in [0.2, 0.25) is 0 Å². The molecule has 0 fully saturated rings. The molecule has 0 aliphatic carbocycles. The number of halogens is 3. The van der Waals surface area contributed by atoms with E-state index in [1.54, 1.807) is 16.8 Å². The predicted molar refractivity (Wildman–Crippen MR) is 105 cm³/mol. The van der Waals surface area contributed by atoms with Crippen molar-refractivity contribution in [3.05, 3.63) is 75.9 Å². The van der Waals surface area contributed by atoms with Crippen molar-refractivity contribution in [2.24, 2.45) is 0 Å². The van der Waals surface area contributed by atoms with Crippen LogP contribution in [0.5, 0.6) is 0 Å². The average molecular weight is 418 g/mol. The topological polar surface area (TPSA) is 58.4 Å². The molecule has 0 saturated heterocycles. The Bertz CT molecular complexity index is 1070. The molecule has 1 N–H and O–H groups in total. The molecule has 1 aliphatic heterocycles. The van der Waals surface area contributed by atoms with Crippen LogP contribution in [0.15, 0.2) is 42.5 Å². The van der Waals surface area contributed by atoms with Gasteiger partial charge < -0.3 is 10.0 Å². The molecule has 1 aliphatic rings. The van der Waals surface area contributed by atoms with E-state index in [1.807, 2.05) is 12.1 Å². The summed E-state index contributed by atoms with van der Waals surface area (Å²) in [6.07, 6.45) is 0.0718. The zero-order valence-electron chi connectivity index (χ0n) is 15.4. The van der Waals surface area contributed by atoms with E-state index in [-0.39, 0.29) is 6.54 Å². The third-order valence-electron chi connectivity index (χ3n) is 5.09. The van der Waals surface area contributed by atoms with Crippen LogP contribution in [0.2, 0.25) is 5.02 Å². The Morgan fingerprint density at radius 3 is 2.48 bits per heavy atom. The number of hydrogen-bond donors (Lipinski definition) is 1. The third kappa shape index (κ3) is 3.96. The number of carboxylic acid groups (broad SMARTS) is 1. The third-order valence-corrected chi connectivity index (χ3v) is 5.34. The molecule has 2 aromatic carbocycles. The summed E-state index contributed by atoms with van der Waals surface area (Å²) in [5, 5.41) is 14.6. The molecule has 2 heterocycles. The number of benzene rings is 2. The zero-order chi connectivity index (χ0) is 20.5. The summed E-state index contributed by atoms with van der Waals surface area (Å²) in [5.74, 6) is -1.79. The largest absolute Gasteiger partial charge is 0.465 e. The van der Waals surface area contributed by atoms with Gasteiger partial charge in [-0.2, -0.15) is 5.10 Å². The van der Waals surface area contributed by atoms with Crippen molar-refractivity contribution in [3.63, 3.8) is 0 Å². The van der Waals surface area contributed by atoms with Gasteiger partial charge in [-0.15, -0.1) is 0 Å². The van der Waals surface area contributed by atoms with Crippen LogP contribution in [-0.4, -0.2) is 39.0 Å². The van der Waals surface area contributed by atoms with Crippen LogP contribution in [-0.2, 0) is 19.4 Å². The molecule has 1 amide bonds. The highest BCUT2D eigenvalue weighted by Crippen LogP contribution is 2.31. The van der Waals surface area contributed by atoms with Gasteiger partial charge in [0.1, 0.15) is 0 Å². The Balaban J connectivity index is 1.77. The summed E-state index contributed by atoms with van der Waals surface area (Å²) >= 11 is 6.03. The van der Waals surface area contributed by atoms with Crippen molar-refractivity contribution >= 4 is 17.7 Å². The first-order valence-corrected chi connectivity index (χ1v) is 9.56. The highest BCUT2D eigenvalue weighted by Gasteiger charge is 2.25. The van der Waals surface area contributed by atoms with E-state index >= 15 is 0 Å². The molecule has 1 aromatic heterocycles. The molecule has 29 heavy (non-hydrogen) atoms. The van der Waals surface area contributed by atoms with Crippen molar-refractivity contribution < 1.29 is 18.7 Å². The van der Waals surface area contributed by atoms with Gasteiger partial charge in [0.25, 0.3) is 0 Å². The predicted octanol–water partition coefficient (Wildman–Crippen LogP) is 4.61. The minimum absolute atomic E-state index is 0.269. The number of hydrogen-bond acceptors (Lipinski definition) is 2. The maximum absolute atomic E-state index is 13.7. The normalized spacial score (nSPS) is 13.8. The van der Waals surface area contributed by atoms with Crippen LogP contribution in [0, 0.1) is 11.6 Å². The van der Waals surface area contributed by atoms with E-state index < -0.39 is 17.7 Å². The standard InChI is InChI=1S/C21H18ClF2N3O2/c22-15-4-2-14(3-5-15)20-16-7-9-26(21(28)29)10-8-19(16)25-27(20)12-13-1-6-17(23)18(24)11-13/h1-6,11H,7-10,12H2,(H,28,29). The van der Waals surface area contributed by atoms with Crippen LogP contribution in [0.3, 0.4) is 0 Å². The number of fused-ring (bicyclic) bond motifs is 1. The Labute approximate surface area is 171 Å². The van der Waals surface area contributed by atoms with Crippen molar-refractivity contribution in [1.82, 2.24) is 14.7 Å². The fraction of sp³-hybridized carbons (Fsp3) is 0.238. The minimum Gasteiger partial charge on any atom is -0.465 e. The van der Waals surface area contributed by atoms with Gasteiger partial charge in [-0.1, -0.05) is 29.8 Å². The number of aromatic nitrogens is 2. The summed E-state index contributed by atoms with van der Waals surface area (Å²) in [5.41, 5.74) is 4.10. The number of rotatable bonds is 3. The molecule has 0 unspecified atom stereocenters. The van der Waals surface area contributed by atoms with E-state index in [4.69, 9.17) is 16.7 Å².